The lowest BCUT2D eigenvalue weighted by molar-refractivity contribution is 1.21. The van der Waals surface area contributed by atoms with Crippen LogP contribution in [0.1, 0.15) is 22.5 Å². The highest BCUT2D eigenvalue weighted by Crippen LogP contribution is 2.19. The van der Waals surface area contributed by atoms with Gasteiger partial charge < -0.3 is 0 Å². The Hall–Kier alpha value is -5.18. The van der Waals surface area contributed by atoms with E-state index in [9.17, 15) is 0 Å². The van der Waals surface area contributed by atoms with Crippen LogP contribution in [0.2, 0.25) is 0 Å². The molecule has 0 fully saturated rings. The summed E-state index contributed by atoms with van der Waals surface area (Å²) in [6.07, 6.45) is 0. The third-order valence-electron chi connectivity index (χ3n) is 5.99. The number of rotatable bonds is 1. The molecule has 2 heterocycles. The van der Waals surface area contributed by atoms with Gasteiger partial charge in [0.2, 0.25) is 0 Å². The Bertz CT molecular complexity index is 1710. The van der Waals surface area contributed by atoms with Crippen LogP contribution in [0.5, 0.6) is 0 Å². The molecule has 0 aliphatic rings. The van der Waals surface area contributed by atoms with Gasteiger partial charge in [-0.25, -0.2) is 9.97 Å². The summed E-state index contributed by atoms with van der Waals surface area (Å²) in [5.74, 6) is 13.0. The number of fused-ring (bicyclic) bond motifs is 2. The van der Waals surface area contributed by atoms with Gasteiger partial charge in [0.15, 0.2) is 0 Å². The van der Waals surface area contributed by atoms with Crippen LogP contribution >= 0.6 is 0 Å². The first kappa shape index (κ1) is 21.4. The first-order valence-corrected chi connectivity index (χ1v) is 11.8. The predicted molar refractivity (Wildman–Crippen MR) is 147 cm³/mol. The molecule has 36 heavy (non-hydrogen) atoms. The lowest BCUT2D eigenvalue weighted by atomic mass is 10.0. The molecule has 2 heteroatoms. The quantitative estimate of drug-likeness (QED) is 0.244. The van der Waals surface area contributed by atoms with Gasteiger partial charge in [0, 0.05) is 11.1 Å². The van der Waals surface area contributed by atoms with E-state index in [0.717, 1.165) is 33.3 Å². The maximum Gasteiger partial charge on any atom is 0.114 e. The third kappa shape index (κ3) is 4.45. The van der Waals surface area contributed by atoms with Crippen molar-refractivity contribution in [1.82, 2.24) is 9.97 Å². The SMILES string of the molecule is C(#Cc1cccc2ccccc12)c1cccc(-c2cccc(C#Cc3cccc4ccccc34)n2)n1. The van der Waals surface area contributed by atoms with E-state index in [1.165, 1.54) is 10.8 Å². The molecule has 2 aromatic heterocycles. The van der Waals surface area contributed by atoms with Crippen molar-refractivity contribution >= 4 is 21.5 Å². The molecule has 4 aromatic carbocycles. The second kappa shape index (κ2) is 9.59. The number of hydrogen-bond acceptors (Lipinski definition) is 2. The first-order valence-electron chi connectivity index (χ1n) is 11.8. The van der Waals surface area contributed by atoms with Gasteiger partial charge >= 0.3 is 0 Å². The molecule has 6 aromatic rings. The highest BCUT2D eigenvalue weighted by molar-refractivity contribution is 5.89. The highest BCUT2D eigenvalue weighted by Gasteiger charge is 2.03. The van der Waals surface area contributed by atoms with E-state index < -0.39 is 0 Å². The van der Waals surface area contributed by atoms with Crippen molar-refractivity contribution in [3.63, 3.8) is 0 Å². The van der Waals surface area contributed by atoms with E-state index in [0.29, 0.717) is 11.4 Å². The average molecular weight is 457 g/mol. The van der Waals surface area contributed by atoms with Gasteiger partial charge in [-0.3, -0.25) is 0 Å². The van der Waals surface area contributed by atoms with Crippen molar-refractivity contribution in [3.05, 3.63) is 144 Å². The Kier molecular flexibility index (Phi) is 5.69. The number of pyridine rings is 2. The van der Waals surface area contributed by atoms with Crippen molar-refractivity contribution in [2.45, 2.75) is 0 Å². The van der Waals surface area contributed by atoms with Crippen LogP contribution in [-0.2, 0) is 0 Å². The van der Waals surface area contributed by atoms with Crippen LogP contribution in [0, 0.1) is 23.7 Å². The molecule has 0 bridgehead atoms. The predicted octanol–water partition coefficient (Wildman–Crippen LogP) is 7.25. The summed E-state index contributed by atoms with van der Waals surface area (Å²) in [6.45, 7) is 0. The summed E-state index contributed by atoms with van der Waals surface area (Å²) in [5, 5.41) is 4.64. The smallest absolute Gasteiger partial charge is 0.114 e. The molecule has 0 saturated heterocycles. The molecular weight excluding hydrogens is 436 g/mol. The fourth-order valence-electron chi connectivity index (χ4n) is 4.23. The van der Waals surface area contributed by atoms with E-state index in [1.54, 1.807) is 0 Å². The van der Waals surface area contributed by atoms with Crippen molar-refractivity contribution in [3.8, 4) is 35.1 Å². The third-order valence-corrected chi connectivity index (χ3v) is 5.99. The second-order valence-electron chi connectivity index (χ2n) is 8.37. The number of hydrogen-bond donors (Lipinski definition) is 0. The van der Waals surface area contributed by atoms with Crippen LogP contribution in [-0.4, -0.2) is 9.97 Å². The summed E-state index contributed by atoms with van der Waals surface area (Å²) >= 11 is 0. The van der Waals surface area contributed by atoms with Gasteiger partial charge in [-0.1, -0.05) is 96.8 Å². The molecule has 0 atom stereocenters. The molecule has 0 aliphatic heterocycles. The van der Waals surface area contributed by atoms with Gasteiger partial charge in [0.25, 0.3) is 0 Å². The number of benzene rings is 4. The lowest BCUT2D eigenvalue weighted by Crippen LogP contribution is -1.92. The molecule has 0 radical (unpaired) electrons. The van der Waals surface area contributed by atoms with Crippen LogP contribution in [0.3, 0.4) is 0 Å². The normalized spacial score (nSPS) is 10.3. The number of aromatic nitrogens is 2. The molecule has 0 unspecified atom stereocenters. The summed E-state index contributed by atoms with van der Waals surface area (Å²) < 4.78 is 0. The van der Waals surface area contributed by atoms with Crippen molar-refractivity contribution < 1.29 is 0 Å². The minimum Gasteiger partial charge on any atom is -0.238 e. The van der Waals surface area contributed by atoms with E-state index >= 15 is 0 Å². The van der Waals surface area contributed by atoms with E-state index in [1.807, 2.05) is 84.9 Å². The molecular formula is C34H20N2. The molecule has 0 amide bonds. The largest absolute Gasteiger partial charge is 0.238 e. The fraction of sp³-hybridized carbons (Fsp3) is 0. The average Bonchev–Trinajstić information content (AvgIpc) is 2.95. The Morgan fingerprint density at radius 2 is 0.778 bits per heavy atom. The van der Waals surface area contributed by atoms with Crippen molar-refractivity contribution in [2.24, 2.45) is 0 Å². The van der Waals surface area contributed by atoms with Gasteiger partial charge in [-0.2, -0.15) is 0 Å². The van der Waals surface area contributed by atoms with Gasteiger partial charge in [-0.15, -0.1) is 0 Å². The van der Waals surface area contributed by atoms with E-state index in [2.05, 4.69) is 60.1 Å². The molecule has 0 spiro atoms. The van der Waals surface area contributed by atoms with Crippen molar-refractivity contribution in [2.75, 3.05) is 0 Å². The topological polar surface area (TPSA) is 25.8 Å². The highest BCUT2D eigenvalue weighted by atomic mass is 14.8. The maximum atomic E-state index is 4.75. The molecule has 0 saturated carbocycles. The Morgan fingerprint density at radius 1 is 0.361 bits per heavy atom. The standard InChI is InChI=1S/C34H20N2/c1-3-17-31-25(9-1)11-5-13-27(31)21-23-29-15-7-19-33(35-29)34-20-8-16-30(36-34)24-22-28-14-6-12-26-10-2-4-18-32(26)28/h1-20H. The minimum atomic E-state index is 0.703. The molecule has 2 nitrogen and oxygen atoms in total. The molecule has 6 rings (SSSR count). The molecule has 0 aliphatic carbocycles. The Balaban J connectivity index is 1.31. The van der Waals surface area contributed by atoms with E-state index in [4.69, 9.17) is 9.97 Å². The zero-order valence-corrected chi connectivity index (χ0v) is 19.4. The Labute approximate surface area is 210 Å². The Morgan fingerprint density at radius 3 is 1.28 bits per heavy atom. The van der Waals surface area contributed by atoms with Crippen molar-refractivity contribution in [1.29, 1.82) is 0 Å². The summed E-state index contributed by atoms with van der Waals surface area (Å²) in [5.41, 5.74) is 4.93. The zero-order chi connectivity index (χ0) is 24.2. The van der Waals surface area contributed by atoms with Gasteiger partial charge in [-0.05, 0) is 69.8 Å². The van der Waals surface area contributed by atoms with Gasteiger partial charge in [0.1, 0.15) is 11.4 Å². The monoisotopic (exact) mass is 456 g/mol. The van der Waals surface area contributed by atoms with Crippen LogP contribution in [0.4, 0.5) is 0 Å². The number of nitrogens with zero attached hydrogens (tertiary/aromatic N) is 2. The van der Waals surface area contributed by atoms with E-state index in [-0.39, 0.29) is 0 Å². The van der Waals surface area contributed by atoms with Crippen LogP contribution < -0.4 is 0 Å². The molecule has 166 valence electrons. The van der Waals surface area contributed by atoms with Gasteiger partial charge in [0.05, 0.1) is 11.4 Å². The second-order valence-corrected chi connectivity index (χ2v) is 8.37. The summed E-state index contributed by atoms with van der Waals surface area (Å²) in [6, 6.07) is 40.6. The lowest BCUT2D eigenvalue weighted by Gasteiger charge is -2.02. The zero-order valence-electron chi connectivity index (χ0n) is 19.4. The van der Waals surface area contributed by atoms with Crippen LogP contribution in [0.25, 0.3) is 32.9 Å². The maximum absolute atomic E-state index is 4.75. The fourth-order valence-corrected chi connectivity index (χ4v) is 4.23. The minimum absolute atomic E-state index is 0.703. The molecule has 0 N–H and O–H groups in total. The first-order chi connectivity index (χ1) is 17.8. The van der Waals surface area contributed by atoms with Crippen LogP contribution in [0.15, 0.2) is 121 Å². The summed E-state index contributed by atoms with van der Waals surface area (Å²) in [4.78, 5) is 9.51. The summed E-state index contributed by atoms with van der Waals surface area (Å²) in [7, 11) is 0.